The van der Waals surface area contributed by atoms with Crippen LogP contribution in [0.4, 0.5) is 0 Å². The van der Waals surface area contributed by atoms with Crippen molar-refractivity contribution in [1.29, 1.82) is 0 Å². The van der Waals surface area contributed by atoms with Crippen LogP contribution in [-0.2, 0) is 14.1 Å². The van der Waals surface area contributed by atoms with E-state index in [0.29, 0.717) is 5.75 Å². The first-order valence-electron chi connectivity index (χ1n) is 7.23. The number of ether oxygens (including phenoxy) is 1. The molecule has 0 aliphatic heterocycles. The molecule has 0 bridgehead atoms. The molecule has 2 atom stereocenters. The van der Waals surface area contributed by atoms with Crippen molar-refractivity contribution in [3.8, 4) is 5.75 Å². The quantitative estimate of drug-likeness (QED) is 0.610. The Balaban J connectivity index is 2.07. The minimum atomic E-state index is -3.72. The number of esters is 1. The van der Waals surface area contributed by atoms with Crippen molar-refractivity contribution in [2.75, 3.05) is 0 Å². The Labute approximate surface area is 140 Å². The van der Waals surface area contributed by atoms with Crippen molar-refractivity contribution in [2.45, 2.75) is 32.9 Å². The summed E-state index contributed by atoms with van der Waals surface area (Å²) in [6.07, 6.45) is -0.261. The maximum atomic E-state index is 12.3. The molecule has 2 aromatic rings. The van der Waals surface area contributed by atoms with Crippen molar-refractivity contribution < 1.29 is 18.6 Å². The first-order chi connectivity index (χ1) is 10.8. The zero-order valence-electron chi connectivity index (χ0n) is 13.2. The first-order valence-corrected chi connectivity index (χ1v) is 9.76. The number of hydrogen-bond donors (Lipinski definition) is 1. The van der Waals surface area contributed by atoms with Crippen molar-refractivity contribution in [2.24, 2.45) is 0 Å². The average Bonchev–Trinajstić information content (AvgIpc) is 2.45. The van der Waals surface area contributed by atoms with Crippen LogP contribution in [0.15, 0.2) is 42.5 Å². The van der Waals surface area contributed by atoms with Gasteiger partial charge in [-0.1, -0.05) is 30.3 Å². The zero-order chi connectivity index (χ0) is 17.0. The van der Waals surface area contributed by atoms with Crippen LogP contribution in [0, 0.1) is 0 Å². The van der Waals surface area contributed by atoms with Crippen LogP contribution in [0.1, 0.15) is 20.8 Å². The zero-order valence-corrected chi connectivity index (χ0v) is 14.8. The molecule has 0 aliphatic rings. The smallest absolute Gasteiger partial charge is 0.409 e. The lowest BCUT2D eigenvalue weighted by molar-refractivity contribution is -0.148. The normalized spacial score (nSPS) is 15.2. The second-order valence-corrected chi connectivity index (χ2v) is 8.15. The fourth-order valence-electron chi connectivity index (χ4n) is 2.00. The summed E-state index contributed by atoms with van der Waals surface area (Å²) in [6.45, 7) is 1.26. The number of carbonyl (C=O) groups excluding carboxylic acids is 1. The summed E-state index contributed by atoms with van der Waals surface area (Å²) in [6, 6.07) is 12.1. The van der Waals surface area contributed by atoms with Crippen LogP contribution < -0.4 is 9.61 Å². The van der Waals surface area contributed by atoms with Crippen molar-refractivity contribution >= 4 is 34.9 Å². The van der Waals surface area contributed by atoms with Crippen molar-refractivity contribution in [3.05, 3.63) is 42.5 Å². The number of fused-ring (bicyclic) bond motifs is 1. The fourth-order valence-corrected chi connectivity index (χ4v) is 3.69. The summed E-state index contributed by atoms with van der Waals surface area (Å²) in [5.74, 6) is -0.179. The van der Waals surface area contributed by atoms with Gasteiger partial charge in [0.25, 0.3) is 0 Å². The van der Waals surface area contributed by atoms with E-state index in [-0.39, 0.29) is 6.10 Å². The molecule has 2 aromatic carbocycles. The Morgan fingerprint density at radius 3 is 2.43 bits per heavy atom. The van der Waals surface area contributed by atoms with Gasteiger partial charge in [0, 0.05) is 11.2 Å². The van der Waals surface area contributed by atoms with E-state index in [4.69, 9.17) is 20.5 Å². The van der Waals surface area contributed by atoms with Crippen LogP contribution in [0.2, 0.25) is 0 Å². The lowest BCUT2D eigenvalue weighted by Crippen LogP contribution is -2.34. The maximum Gasteiger partial charge on any atom is 0.409 e. The predicted molar refractivity (Wildman–Crippen MR) is 91.9 cm³/mol. The number of rotatable bonds is 6. The molecule has 7 heteroatoms. The van der Waals surface area contributed by atoms with E-state index in [1.165, 1.54) is 6.92 Å². The van der Waals surface area contributed by atoms with E-state index >= 15 is 0 Å². The third-order valence-corrected chi connectivity index (χ3v) is 4.64. The summed E-state index contributed by atoms with van der Waals surface area (Å²) < 4.78 is 22.7. The fraction of sp³-hybridized carbons (Fsp3) is 0.312. The predicted octanol–water partition coefficient (Wildman–Crippen LogP) is 4.50. The molecule has 0 aliphatic carbocycles. The van der Waals surface area contributed by atoms with Crippen LogP contribution in [-0.4, -0.2) is 18.1 Å². The van der Waals surface area contributed by atoms with Gasteiger partial charge in [0.05, 0.1) is 6.10 Å². The largest absolute Gasteiger partial charge is 0.462 e. The van der Waals surface area contributed by atoms with E-state index < -0.39 is 18.9 Å². The summed E-state index contributed by atoms with van der Waals surface area (Å²) in [5.41, 5.74) is 0. The molecule has 23 heavy (non-hydrogen) atoms. The van der Waals surface area contributed by atoms with Crippen LogP contribution in [0.25, 0.3) is 10.8 Å². The third kappa shape index (κ3) is 5.24. The molecular formula is C16H19ClNO4P. The summed E-state index contributed by atoms with van der Waals surface area (Å²) >= 11 is 5.91. The van der Waals surface area contributed by atoms with E-state index in [0.717, 1.165) is 10.8 Å². The first kappa shape index (κ1) is 17.8. The molecule has 0 fully saturated rings. The Bertz CT molecular complexity index is 750. The van der Waals surface area contributed by atoms with Crippen LogP contribution in [0.5, 0.6) is 5.75 Å². The average molecular weight is 356 g/mol. The highest BCUT2D eigenvalue weighted by Gasteiger charge is 2.28. The minimum Gasteiger partial charge on any atom is -0.462 e. The van der Waals surface area contributed by atoms with Gasteiger partial charge in [-0.15, -0.1) is 0 Å². The molecule has 0 spiro atoms. The van der Waals surface area contributed by atoms with E-state index in [2.05, 4.69) is 5.09 Å². The van der Waals surface area contributed by atoms with Gasteiger partial charge in [-0.2, -0.15) is 0 Å². The summed E-state index contributed by atoms with van der Waals surface area (Å²) in [7, 11) is 0. The molecule has 0 saturated heterocycles. The van der Waals surface area contributed by atoms with Gasteiger partial charge in [0.15, 0.2) is 0 Å². The van der Waals surface area contributed by atoms with Gasteiger partial charge in [-0.05, 0) is 43.7 Å². The highest BCUT2D eigenvalue weighted by Crippen LogP contribution is 2.49. The Kier molecular flexibility index (Phi) is 5.69. The number of hydrogen-bond acceptors (Lipinski definition) is 4. The molecular weight excluding hydrogens is 337 g/mol. The molecule has 0 aromatic heterocycles. The van der Waals surface area contributed by atoms with E-state index in [1.54, 1.807) is 26.0 Å². The van der Waals surface area contributed by atoms with Crippen molar-refractivity contribution in [1.82, 2.24) is 5.09 Å². The van der Waals surface area contributed by atoms with Crippen LogP contribution in [0.3, 0.4) is 0 Å². The molecule has 124 valence electrons. The Morgan fingerprint density at radius 2 is 1.78 bits per heavy atom. The number of halogens is 1. The van der Waals surface area contributed by atoms with Gasteiger partial charge >= 0.3 is 12.8 Å². The standard InChI is InChI=1S/C16H19ClNO4P/c1-11(2)21-16(19)12(3)18-23(17,20)22-15-9-8-13-6-4-5-7-14(13)10-15/h4-12H,1-3H3,(H,18,20)/t12-,23?/m0/s1. The molecule has 2 rings (SSSR count). The van der Waals surface area contributed by atoms with Gasteiger partial charge in [0.1, 0.15) is 11.8 Å². The topological polar surface area (TPSA) is 64.6 Å². The highest BCUT2D eigenvalue weighted by atomic mass is 35.7. The Hall–Kier alpha value is -1.55. The molecule has 0 saturated carbocycles. The second kappa shape index (κ2) is 7.35. The molecule has 5 nitrogen and oxygen atoms in total. The van der Waals surface area contributed by atoms with Gasteiger partial charge in [-0.3, -0.25) is 4.79 Å². The van der Waals surface area contributed by atoms with E-state index in [1.807, 2.05) is 30.3 Å². The summed E-state index contributed by atoms with van der Waals surface area (Å²) in [5, 5.41) is 4.45. The third-order valence-electron chi connectivity index (χ3n) is 3.00. The van der Waals surface area contributed by atoms with Gasteiger partial charge < -0.3 is 9.26 Å². The summed E-state index contributed by atoms with van der Waals surface area (Å²) in [4.78, 5) is 11.7. The maximum absolute atomic E-state index is 12.3. The van der Waals surface area contributed by atoms with Gasteiger partial charge in [-0.25, -0.2) is 9.65 Å². The number of benzene rings is 2. The number of carbonyl (C=O) groups is 1. The van der Waals surface area contributed by atoms with E-state index in [9.17, 15) is 9.36 Å². The monoisotopic (exact) mass is 355 g/mol. The SMILES string of the molecule is CC(C)OC(=O)[C@H](C)NP(=O)(Cl)Oc1ccc2ccccc2c1. The second-order valence-electron chi connectivity index (χ2n) is 5.42. The number of nitrogens with one attached hydrogen (secondary N) is 1. The lowest BCUT2D eigenvalue weighted by Gasteiger charge is -2.19. The molecule has 0 amide bonds. The molecule has 0 radical (unpaired) electrons. The molecule has 0 heterocycles. The minimum absolute atomic E-state index is 0.261. The van der Waals surface area contributed by atoms with Crippen molar-refractivity contribution in [3.63, 3.8) is 0 Å². The molecule has 1 N–H and O–H groups in total. The Morgan fingerprint density at radius 1 is 1.13 bits per heavy atom. The lowest BCUT2D eigenvalue weighted by atomic mass is 10.1. The van der Waals surface area contributed by atoms with Crippen LogP contribution >= 0.6 is 18.1 Å². The highest BCUT2D eigenvalue weighted by molar-refractivity contribution is 7.84. The van der Waals surface area contributed by atoms with Gasteiger partial charge in [0.2, 0.25) is 0 Å². The molecule has 1 unspecified atom stereocenters.